The average molecular weight is 386 g/mol. The van der Waals surface area contributed by atoms with Crippen molar-refractivity contribution in [3.8, 4) is 0 Å². The van der Waals surface area contributed by atoms with Crippen molar-refractivity contribution in [2.75, 3.05) is 27.2 Å². The predicted molar refractivity (Wildman–Crippen MR) is 107 cm³/mol. The highest BCUT2D eigenvalue weighted by atomic mass is 16.2. The molecular weight excluding hydrogens is 356 g/mol. The number of nitrogens with zero attached hydrogens (tertiary/aromatic N) is 2. The zero-order valence-corrected chi connectivity index (χ0v) is 16.8. The van der Waals surface area contributed by atoms with Crippen molar-refractivity contribution in [3.63, 3.8) is 0 Å². The number of benzene rings is 1. The Balaban J connectivity index is 1.72. The Labute approximate surface area is 166 Å². The van der Waals surface area contributed by atoms with Crippen LogP contribution in [0.3, 0.4) is 0 Å². The van der Waals surface area contributed by atoms with E-state index in [4.69, 9.17) is 0 Å². The Kier molecular flexibility index (Phi) is 6.34. The molecule has 1 saturated carbocycles. The minimum atomic E-state index is -0.412. The zero-order chi connectivity index (χ0) is 20.1. The lowest BCUT2D eigenvalue weighted by Crippen LogP contribution is -2.52. The fourth-order valence-electron chi connectivity index (χ4n) is 4.17. The van der Waals surface area contributed by atoms with Crippen molar-refractivity contribution < 1.29 is 14.4 Å². The van der Waals surface area contributed by atoms with E-state index in [1.165, 1.54) is 25.7 Å². The molecule has 3 rings (SSSR count). The molecule has 1 saturated heterocycles. The first kappa shape index (κ1) is 20.3. The van der Waals surface area contributed by atoms with E-state index in [1.807, 2.05) is 6.07 Å². The van der Waals surface area contributed by atoms with Gasteiger partial charge in [-0.3, -0.25) is 14.5 Å². The molecule has 0 unspecified atom stereocenters. The van der Waals surface area contributed by atoms with E-state index in [2.05, 4.69) is 29.6 Å². The first-order valence-corrected chi connectivity index (χ1v) is 10.0. The number of hydrogen-bond acceptors (Lipinski definition) is 4. The van der Waals surface area contributed by atoms with E-state index >= 15 is 0 Å². The fraction of sp³-hybridized carbons (Fsp3) is 0.571. The molecule has 0 radical (unpaired) electrons. The molecule has 1 aliphatic heterocycles. The first-order valence-electron chi connectivity index (χ1n) is 10.0. The van der Waals surface area contributed by atoms with Crippen LogP contribution in [0.25, 0.3) is 0 Å². The van der Waals surface area contributed by atoms with Gasteiger partial charge in [0, 0.05) is 17.6 Å². The van der Waals surface area contributed by atoms with Crippen LogP contribution in [0.4, 0.5) is 4.79 Å². The number of amides is 4. The summed E-state index contributed by atoms with van der Waals surface area (Å²) in [6.45, 7) is 0.710. The molecule has 1 aromatic rings. The summed E-state index contributed by atoms with van der Waals surface area (Å²) in [5, 5.41) is 5.63. The quantitative estimate of drug-likeness (QED) is 0.580. The molecule has 2 fully saturated rings. The van der Waals surface area contributed by atoms with E-state index < -0.39 is 6.03 Å². The third-order valence-electron chi connectivity index (χ3n) is 6.09. The molecule has 0 atom stereocenters. The molecule has 1 aliphatic carbocycles. The van der Waals surface area contributed by atoms with Gasteiger partial charge in [-0.25, -0.2) is 4.79 Å². The maximum Gasteiger partial charge on any atom is 0.324 e. The van der Waals surface area contributed by atoms with Crippen LogP contribution in [0.2, 0.25) is 0 Å². The summed E-state index contributed by atoms with van der Waals surface area (Å²) in [5.41, 5.74) is 1.16. The van der Waals surface area contributed by atoms with Crippen LogP contribution in [0.1, 0.15) is 54.4 Å². The van der Waals surface area contributed by atoms with Gasteiger partial charge in [-0.05, 0) is 38.6 Å². The summed E-state index contributed by atoms with van der Waals surface area (Å²) in [7, 11) is 4.17. The minimum Gasteiger partial charge on any atom is -0.350 e. The molecule has 1 heterocycles. The topological polar surface area (TPSA) is 81.8 Å². The molecule has 7 heteroatoms. The number of nitrogens with one attached hydrogen (secondary N) is 2. The molecule has 2 N–H and O–H groups in total. The Hall–Kier alpha value is -2.41. The summed E-state index contributed by atoms with van der Waals surface area (Å²) < 4.78 is 0. The van der Waals surface area contributed by atoms with Crippen LogP contribution in [0.15, 0.2) is 24.3 Å². The highest BCUT2D eigenvalue weighted by Gasteiger charge is 2.34. The molecule has 152 valence electrons. The van der Waals surface area contributed by atoms with Gasteiger partial charge in [0.1, 0.15) is 0 Å². The van der Waals surface area contributed by atoms with Crippen molar-refractivity contribution in [3.05, 3.63) is 35.4 Å². The predicted octanol–water partition coefficient (Wildman–Crippen LogP) is 2.12. The Morgan fingerprint density at radius 2 is 1.82 bits per heavy atom. The van der Waals surface area contributed by atoms with Gasteiger partial charge in [-0.1, -0.05) is 43.9 Å². The van der Waals surface area contributed by atoms with Crippen LogP contribution in [0.5, 0.6) is 0 Å². The SMILES string of the molecule is CN(C)C1(CNC(=O)c2ccccc2CN2C(=O)CNC2=O)CCCCCC1. The lowest BCUT2D eigenvalue weighted by molar-refractivity contribution is -0.125. The summed E-state index contributed by atoms with van der Waals surface area (Å²) in [4.78, 5) is 40.1. The molecule has 7 nitrogen and oxygen atoms in total. The van der Waals surface area contributed by atoms with E-state index in [0.717, 1.165) is 17.7 Å². The van der Waals surface area contributed by atoms with Crippen LogP contribution < -0.4 is 10.6 Å². The number of carbonyl (C=O) groups is 3. The summed E-state index contributed by atoms with van der Waals surface area (Å²) >= 11 is 0. The lowest BCUT2D eigenvalue weighted by atomic mass is 9.88. The van der Waals surface area contributed by atoms with Gasteiger partial charge in [0.25, 0.3) is 5.91 Å². The van der Waals surface area contributed by atoms with Crippen molar-refractivity contribution in [2.24, 2.45) is 0 Å². The number of rotatable bonds is 6. The molecule has 0 bridgehead atoms. The molecule has 1 aromatic carbocycles. The van der Waals surface area contributed by atoms with E-state index in [-0.39, 0.29) is 30.4 Å². The Morgan fingerprint density at radius 1 is 1.14 bits per heavy atom. The third-order valence-corrected chi connectivity index (χ3v) is 6.09. The smallest absolute Gasteiger partial charge is 0.324 e. The van der Waals surface area contributed by atoms with Gasteiger partial charge in [-0.15, -0.1) is 0 Å². The lowest BCUT2D eigenvalue weighted by Gasteiger charge is -2.39. The molecule has 0 aromatic heterocycles. The van der Waals surface area contributed by atoms with Gasteiger partial charge in [-0.2, -0.15) is 0 Å². The zero-order valence-electron chi connectivity index (χ0n) is 16.8. The standard InChI is InChI=1S/C21H30N4O3/c1-24(2)21(11-7-3-4-8-12-21)15-23-19(27)17-10-6-5-9-16(17)14-25-18(26)13-22-20(25)28/h5-6,9-10H,3-4,7-8,11-15H2,1-2H3,(H,22,28)(H,23,27). The van der Waals surface area contributed by atoms with Crippen molar-refractivity contribution in [1.82, 2.24) is 20.4 Å². The monoisotopic (exact) mass is 386 g/mol. The largest absolute Gasteiger partial charge is 0.350 e. The van der Waals surface area contributed by atoms with Gasteiger partial charge in [0.2, 0.25) is 5.91 Å². The first-order chi connectivity index (χ1) is 13.4. The third kappa shape index (κ3) is 4.35. The second kappa shape index (κ2) is 8.73. The fourth-order valence-corrected chi connectivity index (χ4v) is 4.17. The van der Waals surface area contributed by atoms with Crippen LogP contribution >= 0.6 is 0 Å². The summed E-state index contributed by atoms with van der Waals surface area (Å²) in [5.74, 6) is -0.432. The molecule has 2 aliphatic rings. The van der Waals surface area contributed by atoms with Gasteiger partial charge < -0.3 is 15.5 Å². The second-order valence-corrected chi connectivity index (χ2v) is 8.01. The van der Waals surface area contributed by atoms with E-state index in [1.54, 1.807) is 18.2 Å². The van der Waals surface area contributed by atoms with Crippen LogP contribution in [-0.2, 0) is 11.3 Å². The van der Waals surface area contributed by atoms with E-state index in [0.29, 0.717) is 17.7 Å². The average Bonchev–Trinajstić information content (AvgIpc) is 2.89. The van der Waals surface area contributed by atoms with Gasteiger partial charge in [0.05, 0.1) is 13.1 Å². The Bertz CT molecular complexity index is 723. The van der Waals surface area contributed by atoms with Crippen LogP contribution in [-0.4, -0.2) is 60.4 Å². The molecule has 28 heavy (non-hydrogen) atoms. The van der Waals surface area contributed by atoms with Crippen molar-refractivity contribution >= 4 is 17.8 Å². The molecule has 4 amide bonds. The minimum absolute atomic E-state index is 0.0125. The van der Waals surface area contributed by atoms with Crippen molar-refractivity contribution in [2.45, 2.75) is 50.6 Å². The Morgan fingerprint density at radius 3 is 2.43 bits per heavy atom. The summed E-state index contributed by atoms with van der Waals surface area (Å²) in [6.07, 6.45) is 7.00. The maximum atomic E-state index is 13.0. The highest BCUT2D eigenvalue weighted by Crippen LogP contribution is 2.30. The molecular formula is C21H30N4O3. The number of likely N-dealkylation sites (N-methyl/N-ethyl adjacent to an activating group) is 1. The number of hydrogen-bond donors (Lipinski definition) is 2. The number of carbonyl (C=O) groups excluding carboxylic acids is 3. The summed E-state index contributed by atoms with van der Waals surface area (Å²) in [6, 6.07) is 6.75. The van der Waals surface area contributed by atoms with E-state index in [9.17, 15) is 14.4 Å². The number of urea groups is 1. The number of imide groups is 1. The normalized spacial score (nSPS) is 19.5. The maximum absolute atomic E-state index is 13.0. The van der Waals surface area contributed by atoms with Crippen LogP contribution in [0, 0.1) is 0 Å². The molecule has 0 spiro atoms. The van der Waals surface area contributed by atoms with Gasteiger partial charge in [0.15, 0.2) is 0 Å². The van der Waals surface area contributed by atoms with Gasteiger partial charge >= 0.3 is 6.03 Å². The van der Waals surface area contributed by atoms with Crippen molar-refractivity contribution in [1.29, 1.82) is 0 Å². The highest BCUT2D eigenvalue weighted by molar-refractivity contribution is 6.02. The second-order valence-electron chi connectivity index (χ2n) is 8.01.